The molecule has 0 aliphatic heterocycles. The second kappa shape index (κ2) is 13.8. The lowest BCUT2D eigenvalue weighted by atomic mass is 10.2. The first-order valence-electron chi connectivity index (χ1n) is 11.6. The van der Waals surface area contributed by atoms with Gasteiger partial charge in [0, 0.05) is 29.2 Å². The number of rotatable bonds is 12. The molecule has 9 nitrogen and oxygen atoms in total. The molecule has 0 spiro atoms. The van der Waals surface area contributed by atoms with E-state index in [-0.39, 0.29) is 17.4 Å². The number of ether oxygens (including phenoxy) is 1. The second-order valence-corrected chi connectivity index (χ2v) is 9.33. The topological polar surface area (TPSA) is 123 Å². The third-order valence-corrected chi connectivity index (χ3v) is 6.10. The van der Waals surface area contributed by atoms with Crippen molar-refractivity contribution >= 4 is 35.5 Å². The lowest BCUT2D eigenvalue weighted by Gasteiger charge is -2.17. The minimum Gasteiger partial charge on any atom is -0.491 e. The highest BCUT2D eigenvalue weighted by Crippen LogP contribution is 2.15. The Bertz CT molecular complexity index is 1220. The molecule has 0 fully saturated rings. The van der Waals surface area contributed by atoms with Crippen LogP contribution in [-0.4, -0.2) is 40.9 Å². The molecule has 0 radical (unpaired) electrons. The van der Waals surface area contributed by atoms with Crippen molar-refractivity contribution in [1.29, 1.82) is 0 Å². The fraction of sp³-hybridized carbons (Fsp3) is 0.222. The summed E-state index contributed by atoms with van der Waals surface area (Å²) in [4.78, 5) is 36.0. The van der Waals surface area contributed by atoms with Gasteiger partial charge in [-0.3, -0.25) is 19.7 Å². The summed E-state index contributed by atoms with van der Waals surface area (Å²) in [6, 6.07) is 21.4. The second-order valence-electron chi connectivity index (χ2n) is 8.30. The molecule has 3 rings (SSSR count). The van der Waals surface area contributed by atoms with E-state index in [0.29, 0.717) is 11.5 Å². The molecule has 3 aromatic carbocycles. The minimum atomic E-state index is -0.879. The van der Waals surface area contributed by atoms with Crippen LogP contribution < -0.4 is 15.5 Å². The fourth-order valence-corrected chi connectivity index (χ4v) is 4.20. The Balaban J connectivity index is 1.64. The molecular formula is C27H28N4O5S. The minimum absolute atomic E-state index is 0.0664. The number of nitrogens with one attached hydrogen (secondary N) is 2. The molecule has 0 unspecified atom stereocenters. The Labute approximate surface area is 219 Å². The molecule has 0 aromatic heterocycles. The van der Waals surface area contributed by atoms with Crippen LogP contribution in [0.5, 0.6) is 5.75 Å². The van der Waals surface area contributed by atoms with Crippen molar-refractivity contribution in [2.24, 2.45) is 5.10 Å². The monoisotopic (exact) mass is 520 g/mol. The van der Waals surface area contributed by atoms with Crippen molar-refractivity contribution < 1.29 is 19.2 Å². The van der Waals surface area contributed by atoms with Crippen molar-refractivity contribution in [3.05, 3.63) is 106 Å². The van der Waals surface area contributed by atoms with Crippen LogP contribution in [0.15, 0.2) is 84.0 Å². The van der Waals surface area contributed by atoms with Crippen LogP contribution in [0.25, 0.3) is 0 Å². The molecule has 0 saturated heterocycles. The van der Waals surface area contributed by atoms with Crippen LogP contribution in [0.3, 0.4) is 0 Å². The van der Waals surface area contributed by atoms with Gasteiger partial charge in [0.1, 0.15) is 11.8 Å². The van der Waals surface area contributed by atoms with Gasteiger partial charge in [0.15, 0.2) is 0 Å². The zero-order valence-electron chi connectivity index (χ0n) is 20.5. The van der Waals surface area contributed by atoms with Gasteiger partial charge >= 0.3 is 0 Å². The van der Waals surface area contributed by atoms with Gasteiger partial charge in [0.2, 0.25) is 0 Å². The van der Waals surface area contributed by atoms with Gasteiger partial charge in [0.25, 0.3) is 17.5 Å². The number of thioether (sulfide) groups is 1. The van der Waals surface area contributed by atoms with E-state index in [4.69, 9.17) is 4.74 Å². The maximum Gasteiger partial charge on any atom is 0.269 e. The molecule has 0 aliphatic carbocycles. The molecule has 2 N–H and O–H groups in total. The van der Waals surface area contributed by atoms with Crippen LogP contribution in [0.4, 0.5) is 5.69 Å². The van der Waals surface area contributed by atoms with Crippen molar-refractivity contribution in [3.63, 3.8) is 0 Å². The van der Waals surface area contributed by atoms with Crippen LogP contribution in [-0.2, 0) is 10.5 Å². The number of nitro groups is 1. The number of nitrogens with zero attached hydrogens (tertiary/aromatic N) is 2. The number of carbonyl (C=O) groups excluding carboxylic acids is 2. The van der Waals surface area contributed by atoms with Gasteiger partial charge in [-0.2, -0.15) is 16.9 Å². The van der Waals surface area contributed by atoms with E-state index < -0.39 is 22.8 Å². The van der Waals surface area contributed by atoms with Crippen molar-refractivity contribution in [3.8, 4) is 5.75 Å². The predicted molar refractivity (Wildman–Crippen MR) is 145 cm³/mol. The average molecular weight is 521 g/mol. The number of hydrazone groups is 1. The summed E-state index contributed by atoms with van der Waals surface area (Å²) in [5.74, 6) is 0.704. The highest BCUT2D eigenvalue weighted by atomic mass is 32.2. The van der Waals surface area contributed by atoms with E-state index in [1.165, 1.54) is 42.2 Å². The van der Waals surface area contributed by atoms with Crippen molar-refractivity contribution in [1.82, 2.24) is 10.7 Å². The third-order valence-electron chi connectivity index (χ3n) is 5.00. The lowest BCUT2D eigenvalue weighted by Crippen LogP contribution is -2.47. The standard InChI is InChI=1S/C27H28N4O5S/c1-19(2)36-24-14-8-20(9-15-24)16-28-30-27(33)25(18-37-17-21-6-4-3-5-7-21)29-26(32)22-10-12-23(13-11-22)31(34)35/h3-16,19,25H,17-18H2,1-2H3,(H,29,32)(H,30,33)/b28-16-/t25-/m1/s1. The average Bonchev–Trinajstić information content (AvgIpc) is 2.89. The Morgan fingerprint density at radius 1 is 1.03 bits per heavy atom. The van der Waals surface area contributed by atoms with Crippen molar-refractivity contribution in [2.75, 3.05) is 5.75 Å². The molecule has 0 saturated carbocycles. The quantitative estimate of drug-likeness (QED) is 0.205. The van der Waals surface area contributed by atoms with Gasteiger partial charge in [-0.25, -0.2) is 5.43 Å². The Morgan fingerprint density at radius 2 is 1.70 bits per heavy atom. The van der Waals surface area contributed by atoms with Gasteiger partial charge in [-0.05, 0) is 61.4 Å². The molecule has 10 heteroatoms. The number of hydrogen-bond acceptors (Lipinski definition) is 7. The van der Waals surface area contributed by atoms with E-state index >= 15 is 0 Å². The number of nitro benzene ring substituents is 1. The first kappa shape index (κ1) is 27.4. The van der Waals surface area contributed by atoms with Crippen LogP contribution >= 0.6 is 11.8 Å². The van der Waals surface area contributed by atoms with E-state index in [2.05, 4.69) is 15.8 Å². The van der Waals surface area contributed by atoms with E-state index in [9.17, 15) is 19.7 Å². The summed E-state index contributed by atoms with van der Waals surface area (Å²) >= 11 is 1.49. The summed E-state index contributed by atoms with van der Waals surface area (Å²) in [5.41, 5.74) is 4.44. The summed E-state index contributed by atoms with van der Waals surface area (Å²) in [6.07, 6.45) is 1.57. The Kier molecular flexibility index (Phi) is 10.2. The molecule has 2 amide bonds. The van der Waals surface area contributed by atoms with E-state index in [0.717, 1.165) is 16.9 Å². The number of hydrogen-bond donors (Lipinski definition) is 2. The van der Waals surface area contributed by atoms with Gasteiger partial charge in [0.05, 0.1) is 17.2 Å². The highest BCUT2D eigenvalue weighted by Gasteiger charge is 2.22. The molecule has 0 heterocycles. The van der Waals surface area contributed by atoms with Crippen molar-refractivity contribution in [2.45, 2.75) is 31.7 Å². The molecule has 37 heavy (non-hydrogen) atoms. The van der Waals surface area contributed by atoms with Gasteiger partial charge in [-0.15, -0.1) is 0 Å². The van der Waals surface area contributed by atoms with Crippen LogP contribution in [0, 0.1) is 10.1 Å². The van der Waals surface area contributed by atoms with E-state index in [1.807, 2.05) is 68.4 Å². The molecule has 0 bridgehead atoms. The maximum absolute atomic E-state index is 12.9. The summed E-state index contributed by atoms with van der Waals surface area (Å²) in [7, 11) is 0. The molecule has 1 atom stereocenters. The lowest BCUT2D eigenvalue weighted by molar-refractivity contribution is -0.384. The number of benzene rings is 3. The zero-order valence-corrected chi connectivity index (χ0v) is 21.3. The maximum atomic E-state index is 12.9. The highest BCUT2D eigenvalue weighted by molar-refractivity contribution is 7.98. The SMILES string of the molecule is CC(C)Oc1ccc(/C=N\NC(=O)[C@@H](CSCc2ccccc2)NC(=O)c2ccc([N+](=O)[O-])cc2)cc1. The molecule has 0 aliphatic rings. The van der Waals surface area contributed by atoms with Gasteiger partial charge < -0.3 is 10.1 Å². The Hall–Kier alpha value is -4.18. The normalized spacial score (nSPS) is 11.8. The zero-order chi connectivity index (χ0) is 26.6. The summed E-state index contributed by atoms with van der Waals surface area (Å²) in [5, 5.41) is 17.6. The first-order chi connectivity index (χ1) is 17.8. The first-order valence-corrected chi connectivity index (χ1v) is 12.7. The molecular weight excluding hydrogens is 492 g/mol. The largest absolute Gasteiger partial charge is 0.491 e. The summed E-state index contributed by atoms with van der Waals surface area (Å²) in [6.45, 7) is 3.89. The van der Waals surface area contributed by atoms with Crippen LogP contribution in [0.2, 0.25) is 0 Å². The smallest absolute Gasteiger partial charge is 0.269 e. The third kappa shape index (κ3) is 9.08. The Morgan fingerprint density at radius 3 is 2.32 bits per heavy atom. The number of amides is 2. The van der Waals surface area contributed by atoms with Crippen LogP contribution in [0.1, 0.15) is 35.3 Å². The molecule has 192 valence electrons. The predicted octanol–water partition coefficient (Wildman–Crippen LogP) is 4.56. The number of carbonyl (C=O) groups is 2. The van der Waals surface area contributed by atoms with Gasteiger partial charge in [-0.1, -0.05) is 30.3 Å². The summed E-state index contributed by atoms with van der Waals surface area (Å²) < 4.78 is 5.61. The van der Waals surface area contributed by atoms with E-state index in [1.54, 1.807) is 0 Å². The fourth-order valence-electron chi connectivity index (χ4n) is 3.18. The number of non-ortho nitro benzene ring substituents is 1. The molecule has 3 aromatic rings.